The molecule has 1 unspecified atom stereocenters. The summed E-state index contributed by atoms with van der Waals surface area (Å²) in [6, 6.07) is 16.8. The van der Waals surface area contributed by atoms with E-state index in [4.69, 9.17) is 14.2 Å². The fraction of sp³-hybridized carbons (Fsp3) is 0.286. The van der Waals surface area contributed by atoms with E-state index in [9.17, 15) is 14.1 Å². The Morgan fingerprint density at radius 2 is 1.89 bits per heavy atom. The number of nitrogens with one attached hydrogen (secondary N) is 1. The van der Waals surface area contributed by atoms with Crippen LogP contribution < -0.4 is 18.9 Å². The zero-order valence-corrected chi connectivity index (χ0v) is 21.4. The Hall–Kier alpha value is -3.69. The van der Waals surface area contributed by atoms with Gasteiger partial charge in [0.25, 0.3) is 5.91 Å². The first-order valence-electron chi connectivity index (χ1n) is 12.1. The van der Waals surface area contributed by atoms with Gasteiger partial charge in [-0.25, -0.2) is 9.19 Å². The normalized spacial score (nSPS) is 18.7. The third-order valence-electron chi connectivity index (χ3n) is 6.15. The van der Waals surface area contributed by atoms with E-state index in [2.05, 4.69) is 15.8 Å². The molecular weight excluding hydrogens is 492 g/mol. The van der Waals surface area contributed by atoms with Crippen LogP contribution in [-0.2, 0) is 22.2 Å². The summed E-state index contributed by atoms with van der Waals surface area (Å²) in [7, 11) is -1.52. The number of ether oxygens (including phenoxy) is 3. The van der Waals surface area contributed by atoms with Gasteiger partial charge in [-0.1, -0.05) is 24.3 Å². The van der Waals surface area contributed by atoms with Crippen molar-refractivity contribution >= 4 is 21.8 Å². The van der Waals surface area contributed by atoms with Gasteiger partial charge in [0, 0.05) is 24.1 Å². The highest BCUT2D eigenvalue weighted by Crippen LogP contribution is 2.41. The first-order valence-corrected chi connectivity index (χ1v) is 13.2. The number of aromatic nitrogens is 1. The number of rotatable bonds is 9. The fourth-order valence-corrected chi connectivity index (χ4v) is 5.16. The van der Waals surface area contributed by atoms with Gasteiger partial charge in [0.1, 0.15) is 23.4 Å². The number of amides is 1. The maximum atomic E-state index is 12.0. The van der Waals surface area contributed by atoms with E-state index in [0.29, 0.717) is 40.9 Å². The fourth-order valence-electron chi connectivity index (χ4n) is 4.25. The highest BCUT2D eigenvalue weighted by atomic mass is 32.2. The van der Waals surface area contributed by atoms with Crippen LogP contribution in [0.25, 0.3) is 4.91 Å². The smallest absolute Gasteiger partial charge is 0.257 e. The first kappa shape index (κ1) is 25.0. The van der Waals surface area contributed by atoms with Gasteiger partial charge in [-0.3, -0.25) is 9.52 Å². The van der Waals surface area contributed by atoms with Crippen molar-refractivity contribution in [1.82, 2.24) is 9.71 Å². The molecule has 2 aliphatic rings. The first-order chi connectivity index (χ1) is 17.7. The average molecular weight is 521 g/mol. The molecular formula is C28H28N2O6S. The molecule has 8 nitrogen and oxygen atoms in total. The van der Waals surface area contributed by atoms with Crippen LogP contribution in [0.15, 0.2) is 66.9 Å². The second kappa shape index (κ2) is 10.4. The van der Waals surface area contributed by atoms with Gasteiger partial charge >= 0.3 is 0 Å². The lowest BCUT2D eigenvalue weighted by molar-refractivity contribution is -0.114. The molecule has 1 aromatic heterocycles. The van der Waals surface area contributed by atoms with E-state index in [-0.39, 0.29) is 12.0 Å². The van der Waals surface area contributed by atoms with Crippen molar-refractivity contribution in [3.63, 3.8) is 0 Å². The van der Waals surface area contributed by atoms with Gasteiger partial charge in [0.2, 0.25) is 5.88 Å². The minimum Gasteiger partial charge on any atom is -0.486 e. The zero-order chi connectivity index (χ0) is 26.0. The van der Waals surface area contributed by atoms with Gasteiger partial charge in [-0.05, 0) is 62.1 Å². The number of fused-ring (bicyclic) bond motifs is 1. The molecule has 0 saturated carbocycles. The molecule has 37 heavy (non-hydrogen) atoms. The standard InChI is InChI=1S/C28H28N2O6S/c1-28(2,32)14-15-34-27-13-10-20(17-29-27)36-23-5-3-4-21-22(23)11-12-24(21)35-19-8-6-18(7-9-19)25-16-26(31)30-37(25)33/h3-10,13,16-17,24,32H,11-12,14-15H2,1-2H3,(H,30,31)/t24-,37?/m1/s1. The van der Waals surface area contributed by atoms with Gasteiger partial charge in [0.15, 0.2) is 11.0 Å². The average Bonchev–Trinajstić information content (AvgIpc) is 3.42. The maximum absolute atomic E-state index is 12.0. The number of nitrogens with zero attached hydrogens (tertiary/aromatic N) is 1. The summed E-state index contributed by atoms with van der Waals surface area (Å²) < 4.78 is 32.4. The monoisotopic (exact) mass is 520 g/mol. The van der Waals surface area contributed by atoms with Gasteiger partial charge in [-0.2, -0.15) is 0 Å². The second-order valence-corrected chi connectivity index (χ2v) is 10.8. The molecule has 0 spiro atoms. The van der Waals surface area contributed by atoms with Crippen LogP contribution in [0, 0.1) is 0 Å². The van der Waals surface area contributed by atoms with E-state index in [1.165, 1.54) is 6.08 Å². The third kappa shape index (κ3) is 6.00. The topological polar surface area (TPSA) is 107 Å². The van der Waals surface area contributed by atoms with Crippen LogP contribution in [0.1, 0.15) is 49.5 Å². The molecule has 192 valence electrons. The summed E-state index contributed by atoms with van der Waals surface area (Å²) in [5, 5.41) is 9.80. The lowest BCUT2D eigenvalue weighted by Gasteiger charge is -2.17. The molecule has 3 aromatic rings. The van der Waals surface area contributed by atoms with Crippen molar-refractivity contribution in [1.29, 1.82) is 0 Å². The Labute approximate surface area is 217 Å². The molecule has 2 N–H and O–H groups in total. The molecule has 2 aromatic carbocycles. The van der Waals surface area contributed by atoms with Crippen molar-refractivity contribution in [3.05, 3.63) is 83.6 Å². The molecule has 1 amide bonds. The van der Waals surface area contributed by atoms with Crippen LogP contribution in [0.3, 0.4) is 0 Å². The lowest BCUT2D eigenvalue weighted by atomic mass is 10.1. The number of benzene rings is 2. The summed E-state index contributed by atoms with van der Waals surface area (Å²) in [6.45, 7) is 3.86. The molecule has 0 radical (unpaired) electrons. The Morgan fingerprint density at radius 1 is 1.11 bits per heavy atom. The van der Waals surface area contributed by atoms with Gasteiger partial charge in [0.05, 0.1) is 23.3 Å². The van der Waals surface area contributed by atoms with Crippen molar-refractivity contribution < 1.29 is 28.3 Å². The number of hydrogen-bond acceptors (Lipinski definition) is 7. The van der Waals surface area contributed by atoms with Crippen LogP contribution in [-0.4, -0.2) is 32.4 Å². The second-order valence-electron chi connectivity index (χ2n) is 9.58. The Kier molecular flexibility index (Phi) is 6.99. The molecule has 0 bridgehead atoms. The molecule has 0 fully saturated rings. The summed E-state index contributed by atoms with van der Waals surface area (Å²) in [5.41, 5.74) is 2.12. The van der Waals surface area contributed by atoms with Crippen LogP contribution in [0.2, 0.25) is 0 Å². The van der Waals surface area contributed by atoms with Crippen molar-refractivity contribution in [2.24, 2.45) is 0 Å². The van der Waals surface area contributed by atoms with E-state index in [1.54, 1.807) is 38.2 Å². The minimum absolute atomic E-state index is 0.114. The van der Waals surface area contributed by atoms with Crippen LogP contribution in [0.5, 0.6) is 23.1 Å². The quantitative estimate of drug-likeness (QED) is 0.424. The Balaban J connectivity index is 1.23. The van der Waals surface area contributed by atoms with E-state index >= 15 is 0 Å². The van der Waals surface area contributed by atoms with Crippen LogP contribution >= 0.6 is 0 Å². The molecule has 1 aliphatic heterocycles. The van der Waals surface area contributed by atoms with E-state index in [0.717, 1.165) is 29.7 Å². The highest BCUT2D eigenvalue weighted by Gasteiger charge is 2.27. The Bertz CT molecular complexity index is 1350. The lowest BCUT2D eigenvalue weighted by Crippen LogP contribution is -2.21. The largest absolute Gasteiger partial charge is 0.486 e. The SMILES string of the molecule is CC(C)(O)CCOc1ccc(Oc2cccc3c2CC[C@H]3Oc2ccc(C3=CC(=O)NS3=O)cc2)cn1. The van der Waals surface area contributed by atoms with Crippen molar-refractivity contribution in [2.75, 3.05) is 6.61 Å². The Morgan fingerprint density at radius 3 is 2.57 bits per heavy atom. The maximum Gasteiger partial charge on any atom is 0.257 e. The van der Waals surface area contributed by atoms with E-state index < -0.39 is 16.6 Å². The number of carbonyl (C=O) groups excluding carboxylic acids is 1. The molecule has 9 heteroatoms. The number of aliphatic hydroxyl groups is 1. The molecule has 2 heterocycles. The highest BCUT2D eigenvalue weighted by molar-refractivity contribution is 7.93. The van der Waals surface area contributed by atoms with Gasteiger partial charge < -0.3 is 19.3 Å². The van der Waals surface area contributed by atoms with Crippen molar-refractivity contribution in [2.45, 2.75) is 44.8 Å². The number of hydrogen-bond donors (Lipinski definition) is 2. The summed E-state index contributed by atoms with van der Waals surface area (Å²) in [6.07, 6.45) is 5.01. The molecule has 2 atom stereocenters. The molecule has 1 aliphatic carbocycles. The number of pyridine rings is 1. The summed E-state index contributed by atoms with van der Waals surface area (Å²) in [4.78, 5) is 16.2. The predicted octanol–water partition coefficient (Wildman–Crippen LogP) is 4.61. The van der Waals surface area contributed by atoms with Crippen LogP contribution in [0.4, 0.5) is 0 Å². The van der Waals surface area contributed by atoms with E-state index in [1.807, 2.05) is 30.3 Å². The zero-order valence-electron chi connectivity index (χ0n) is 20.6. The third-order valence-corrected chi connectivity index (χ3v) is 7.29. The van der Waals surface area contributed by atoms with Crippen molar-refractivity contribution in [3.8, 4) is 23.1 Å². The van der Waals surface area contributed by atoms with Gasteiger partial charge in [-0.15, -0.1) is 0 Å². The minimum atomic E-state index is -1.52. The summed E-state index contributed by atoms with van der Waals surface area (Å²) >= 11 is 0. The summed E-state index contributed by atoms with van der Waals surface area (Å²) in [5.74, 6) is 2.20. The number of carbonyl (C=O) groups is 1. The predicted molar refractivity (Wildman–Crippen MR) is 140 cm³/mol. The molecule has 5 rings (SSSR count). The molecule has 0 saturated heterocycles.